The van der Waals surface area contributed by atoms with Gasteiger partial charge in [0.05, 0.1) is 36.9 Å². The average Bonchev–Trinajstić information content (AvgIpc) is 2.67. The topological polar surface area (TPSA) is 36.8 Å². The monoisotopic (exact) mass is 390 g/mol. The predicted octanol–water partition coefficient (Wildman–Crippen LogP) is 1.95. The van der Waals surface area contributed by atoms with Gasteiger partial charge in [-0.15, -0.1) is 11.8 Å². The lowest BCUT2D eigenvalue weighted by Gasteiger charge is -2.33. The number of thioether (sulfide) groups is 1. The van der Waals surface area contributed by atoms with Gasteiger partial charge in [-0.25, -0.2) is 0 Å². The second kappa shape index (κ2) is 9.86. The summed E-state index contributed by atoms with van der Waals surface area (Å²) >= 11 is 8.05. The minimum atomic E-state index is 0.139. The van der Waals surface area contributed by atoms with Crippen molar-refractivity contribution < 1.29 is 9.69 Å². The van der Waals surface area contributed by atoms with E-state index in [1.807, 2.05) is 36.4 Å². The molecule has 2 aromatic carbocycles. The smallest absolute Gasteiger partial charge is 0.275 e. The molecule has 1 amide bonds. The summed E-state index contributed by atoms with van der Waals surface area (Å²) in [5.41, 5.74) is 1.09. The molecule has 0 spiro atoms. The minimum absolute atomic E-state index is 0.139. The third-order valence-electron chi connectivity index (χ3n) is 4.51. The van der Waals surface area contributed by atoms with E-state index in [-0.39, 0.29) is 5.91 Å². The summed E-state index contributed by atoms with van der Waals surface area (Å²) in [7, 11) is 0. The number of carbonyl (C=O) groups is 1. The Morgan fingerprint density at radius 2 is 1.77 bits per heavy atom. The molecular formula is C20H25ClN3OS+. The van der Waals surface area contributed by atoms with Crippen LogP contribution < -0.4 is 15.1 Å². The molecule has 0 saturated carbocycles. The Labute approximate surface area is 164 Å². The standard InChI is InChI=1S/C20H24ClN3OS/c21-18-8-4-5-9-19(18)24-13-11-23(12-14-24)16-20(25)22-10-15-26-17-6-2-1-3-7-17/h1-9H,10-16H2,(H,22,25)/p+1. The first-order valence-electron chi connectivity index (χ1n) is 9.00. The van der Waals surface area contributed by atoms with Gasteiger partial charge in [0.25, 0.3) is 5.91 Å². The quantitative estimate of drug-likeness (QED) is 0.560. The number of hydrogen-bond donors (Lipinski definition) is 2. The first kappa shape index (κ1) is 19.1. The number of benzene rings is 2. The van der Waals surface area contributed by atoms with E-state index in [9.17, 15) is 4.79 Å². The number of halogens is 1. The van der Waals surface area contributed by atoms with E-state index in [1.165, 1.54) is 9.80 Å². The number of rotatable bonds is 7. The van der Waals surface area contributed by atoms with Crippen LogP contribution in [0.1, 0.15) is 0 Å². The molecule has 1 fully saturated rings. The lowest BCUT2D eigenvalue weighted by atomic mass is 10.2. The van der Waals surface area contributed by atoms with Gasteiger partial charge < -0.3 is 15.1 Å². The molecule has 1 aliphatic rings. The molecule has 2 aromatic rings. The van der Waals surface area contributed by atoms with Crippen LogP contribution in [0.15, 0.2) is 59.5 Å². The maximum absolute atomic E-state index is 12.2. The highest BCUT2D eigenvalue weighted by molar-refractivity contribution is 7.99. The molecule has 4 nitrogen and oxygen atoms in total. The van der Waals surface area contributed by atoms with Gasteiger partial charge in [-0.05, 0) is 24.3 Å². The summed E-state index contributed by atoms with van der Waals surface area (Å²) in [6, 6.07) is 18.2. The lowest BCUT2D eigenvalue weighted by Crippen LogP contribution is -3.16. The zero-order chi connectivity index (χ0) is 18.2. The van der Waals surface area contributed by atoms with Gasteiger partial charge in [0, 0.05) is 17.2 Å². The molecule has 1 saturated heterocycles. The molecule has 138 valence electrons. The SMILES string of the molecule is O=C(C[NH+]1CCN(c2ccccc2Cl)CC1)NCCSc1ccccc1. The Hall–Kier alpha value is -1.69. The van der Waals surface area contributed by atoms with E-state index in [4.69, 9.17) is 11.6 Å². The fourth-order valence-electron chi connectivity index (χ4n) is 3.11. The van der Waals surface area contributed by atoms with Gasteiger partial charge in [0.15, 0.2) is 6.54 Å². The average molecular weight is 391 g/mol. The van der Waals surface area contributed by atoms with Crippen molar-refractivity contribution >= 4 is 35.0 Å². The van der Waals surface area contributed by atoms with Crippen LogP contribution in [0.5, 0.6) is 0 Å². The zero-order valence-corrected chi connectivity index (χ0v) is 16.4. The number of hydrogen-bond acceptors (Lipinski definition) is 3. The van der Waals surface area contributed by atoms with Crippen molar-refractivity contribution in [2.24, 2.45) is 0 Å². The van der Waals surface area contributed by atoms with Crippen LogP contribution in [0.3, 0.4) is 0 Å². The summed E-state index contributed by atoms with van der Waals surface area (Å²) in [5, 5.41) is 3.83. The Kier molecular flexibility index (Phi) is 7.23. The van der Waals surface area contributed by atoms with E-state index in [0.717, 1.165) is 42.6 Å². The second-order valence-electron chi connectivity index (χ2n) is 6.38. The highest BCUT2D eigenvalue weighted by atomic mass is 35.5. The molecule has 1 aliphatic heterocycles. The van der Waals surface area contributed by atoms with Gasteiger partial charge in [0.2, 0.25) is 0 Å². The first-order chi connectivity index (χ1) is 12.7. The maximum Gasteiger partial charge on any atom is 0.275 e. The first-order valence-corrected chi connectivity index (χ1v) is 10.4. The van der Waals surface area contributed by atoms with Gasteiger partial charge in [-0.3, -0.25) is 4.79 Å². The molecule has 6 heteroatoms. The summed E-state index contributed by atoms with van der Waals surface area (Å²) in [6.45, 7) is 5.02. The summed E-state index contributed by atoms with van der Waals surface area (Å²) < 4.78 is 0. The van der Waals surface area contributed by atoms with Crippen LogP contribution >= 0.6 is 23.4 Å². The summed E-state index contributed by atoms with van der Waals surface area (Å²) in [4.78, 5) is 17.0. The predicted molar refractivity (Wildman–Crippen MR) is 109 cm³/mol. The normalized spacial score (nSPS) is 15.0. The number of para-hydroxylation sites is 1. The van der Waals surface area contributed by atoms with Crippen LogP contribution in [0.25, 0.3) is 0 Å². The highest BCUT2D eigenvalue weighted by Crippen LogP contribution is 2.24. The van der Waals surface area contributed by atoms with Crippen LogP contribution in [0.2, 0.25) is 5.02 Å². The van der Waals surface area contributed by atoms with Gasteiger partial charge in [-0.2, -0.15) is 0 Å². The Bertz CT molecular complexity index is 705. The third-order valence-corrected chi connectivity index (χ3v) is 5.84. The largest absolute Gasteiger partial charge is 0.359 e. The molecule has 0 aliphatic carbocycles. The molecular weight excluding hydrogens is 366 g/mol. The number of nitrogens with one attached hydrogen (secondary N) is 2. The number of quaternary nitrogens is 1. The molecule has 0 atom stereocenters. The maximum atomic E-state index is 12.2. The molecule has 1 heterocycles. The number of carbonyl (C=O) groups excluding carboxylic acids is 1. The Balaban J connectivity index is 1.34. The van der Waals surface area contributed by atoms with E-state index in [2.05, 4.69) is 28.4 Å². The number of amides is 1. The molecule has 0 radical (unpaired) electrons. The zero-order valence-electron chi connectivity index (χ0n) is 14.8. The van der Waals surface area contributed by atoms with Crippen molar-refractivity contribution in [2.45, 2.75) is 4.90 Å². The molecule has 26 heavy (non-hydrogen) atoms. The molecule has 2 N–H and O–H groups in total. The third kappa shape index (κ3) is 5.66. The van der Waals surface area contributed by atoms with Crippen molar-refractivity contribution in [3.05, 3.63) is 59.6 Å². The van der Waals surface area contributed by atoms with Crippen molar-refractivity contribution in [3.8, 4) is 0 Å². The van der Waals surface area contributed by atoms with Crippen LogP contribution in [0, 0.1) is 0 Å². The van der Waals surface area contributed by atoms with Gasteiger partial charge >= 0.3 is 0 Å². The summed E-state index contributed by atoms with van der Waals surface area (Å²) in [5.74, 6) is 1.03. The fraction of sp³-hybridized carbons (Fsp3) is 0.350. The van der Waals surface area contributed by atoms with E-state index in [1.54, 1.807) is 11.8 Å². The molecule has 0 unspecified atom stereocenters. The van der Waals surface area contributed by atoms with E-state index < -0.39 is 0 Å². The van der Waals surface area contributed by atoms with Gasteiger partial charge in [0.1, 0.15) is 0 Å². The van der Waals surface area contributed by atoms with E-state index >= 15 is 0 Å². The Morgan fingerprint density at radius 1 is 1.08 bits per heavy atom. The van der Waals surface area contributed by atoms with Crippen LogP contribution in [0.4, 0.5) is 5.69 Å². The number of anilines is 1. The second-order valence-corrected chi connectivity index (χ2v) is 7.95. The van der Waals surface area contributed by atoms with Crippen LogP contribution in [-0.4, -0.2) is 50.9 Å². The molecule has 3 rings (SSSR count). The minimum Gasteiger partial charge on any atom is -0.359 e. The van der Waals surface area contributed by atoms with Crippen molar-refractivity contribution in [3.63, 3.8) is 0 Å². The molecule has 0 bridgehead atoms. The van der Waals surface area contributed by atoms with Gasteiger partial charge in [-0.1, -0.05) is 41.9 Å². The summed E-state index contributed by atoms with van der Waals surface area (Å²) in [6.07, 6.45) is 0. The van der Waals surface area contributed by atoms with Crippen molar-refractivity contribution in [2.75, 3.05) is 49.9 Å². The number of piperazine rings is 1. The van der Waals surface area contributed by atoms with E-state index in [0.29, 0.717) is 13.1 Å². The number of nitrogens with zero attached hydrogens (tertiary/aromatic N) is 1. The molecule has 0 aromatic heterocycles. The highest BCUT2D eigenvalue weighted by Gasteiger charge is 2.23. The van der Waals surface area contributed by atoms with Crippen LogP contribution in [-0.2, 0) is 4.79 Å². The van der Waals surface area contributed by atoms with Crippen molar-refractivity contribution in [1.29, 1.82) is 0 Å². The fourth-order valence-corrected chi connectivity index (χ4v) is 4.16. The Morgan fingerprint density at radius 3 is 2.50 bits per heavy atom. The van der Waals surface area contributed by atoms with Crippen molar-refractivity contribution in [1.82, 2.24) is 5.32 Å². The lowest BCUT2D eigenvalue weighted by molar-refractivity contribution is -0.892.